The van der Waals surface area contributed by atoms with Crippen molar-refractivity contribution in [2.75, 3.05) is 19.8 Å². The second-order valence-electron chi connectivity index (χ2n) is 14.5. The maximum absolute atomic E-state index is 12.9. The van der Waals surface area contributed by atoms with Crippen LogP contribution in [-0.2, 0) is 42.8 Å². The molecular weight excluding hydrogens is 764 g/mol. The van der Waals surface area contributed by atoms with Crippen LogP contribution in [0.4, 0.5) is 0 Å². The summed E-state index contributed by atoms with van der Waals surface area (Å²) in [6, 6.07) is -2.99. The first-order chi connectivity index (χ1) is 26.2. The molecule has 0 unspecified atom stereocenters. The van der Waals surface area contributed by atoms with E-state index in [9.17, 15) is 80.8 Å². The molecule has 0 aromatic carbocycles. The monoisotopic (exact) mass is 818 g/mol. The van der Waals surface area contributed by atoms with Crippen LogP contribution in [0.25, 0.3) is 0 Å². The van der Waals surface area contributed by atoms with Crippen LogP contribution in [0.2, 0.25) is 0 Å². The molecule has 4 heterocycles. The van der Waals surface area contributed by atoms with E-state index in [2.05, 4.69) is 10.6 Å². The van der Waals surface area contributed by atoms with Crippen LogP contribution in [0.15, 0.2) is 0 Å². The van der Waals surface area contributed by atoms with Crippen LogP contribution in [-0.4, -0.2) is 226 Å². The Morgan fingerprint density at radius 3 is 1.93 bits per heavy atom. The zero-order valence-corrected chi connectivity index (χ0v) is 30.6. The van der Waals surface area contributed by atoms with Crippen molar-refractivity contribution in [3.8, 4) is 0 Å². The van der Waals surface area contributed by atoms with Gasteiger partial charge in [0.2, 0.25) is 11.8 Å². The van der Waals surface area contributed by atoms with E-state index in [1.54, 1.807) is 0 Å². The first-order valence-corrected chi connectivity index (χ1v) is 17.9. The highest BCUT2D eigenvalue weighted by Crippen LogP contribution is 2.40. The molecule has 0 spiro atoms. The molecule has 4 aliphatic heterocycles. The van der Waals surface area contributed by atoms with Crippen molar-refractivity contribution in [1.29, 1.82) is 0 Å². The van der Waals surface area contributed by atoms with Gasteiger partial charge in [0.1, 0.15) is 67.1 Å². The third-order valence-electron chi connectivity index (χ3n) is 10.5. The summed E-state index contributed by atoms with van der Waals surface area (Å²) in [5.74, 6) is -7.81. The summed E-state index contributed by atoms with van der Waals surface area (Å²) in [5.41, 5.74) is 0. The second kappa shape index (κ2) is 19.2. The second-order valence-corrected chi connectivity index (χ2v) is 14.5. The lowest BCUT2D eigenvalue weighted by Crippen LogP contribution is -2.71. The number of aliphatic carboxylic acids is 1. The van der Waals surface area contributed by atoms with Gasteiger partial charge in [-0.1, -0.05) is 0 Å². The Hall–Kier alpha value is -2.31. The summed E-state index contributed by atoms with van der Waals surface area (Å²) in [4.78, 5) is 37.1. The van der Waals surface area contributed by atoms with E-state index in [1.807, 2.05) is 0 Å². The predicted molar refractivity (Wildman–Crippen MR) is 176 cm³/mol. The van der Waals surface area contributed by atoms with Crippen LogP contribution in [0, 0.1) is 5.92 Å². The van der Waals surface area contributed by atoms with E-state index in [0.29, 0.717) is 0 Å². The van der Waals surface area contributed by atoms with Gasteiger partial charge in [0.15, 0.2) is 12.6 Å². The van der Waals surface area contributed by atoms with Crippen LogP contribution in [0.1, 0.15) is 33.6 Å². The summed E-state index contributed by atoms with van der Waals surface area (Å²) in [7, 11) is 0. The molecule has 0 aromatic rings. The molecule has 4 rings (SSSR count). The summed E-state index contributed by atoms with van der Waals surface area (Å²) in [6.07, 6.45) is -31.9. The minimum absolute atomic E-state index is 0.386. The number of rotatable bonds is 14. The van der Waals surface area contributed by atoms with E-state index >= 15 is 0 Å². The van der Waals surface area contributed by atoms with E-state index in [0.717, 1.165) is 13.8 Å². The van der Waals surface area contributed by atoms with Gasteiger partial charge in [-0.15, -0.1) is 0 Å². The SMILES string of the molecule is CC(=O)N[C@H]1[C@H]([C@H](O)[C@@H](O)CO)O[C@@](O[C@@H]2[C@H](O)[C@H](O[C@H]3[C@H](C[C@@H]4O[C@@H](C)[C@@H](O)[C@H](O)[C@@H]4O)[C@H](NC(C)=O)[C@H](O)O[C@H]3CO)O[C@@H](CO)[C@@H]2O)(C(=O)O)C[C@H]1O. The van der Waals surface area contributed by atoms with Crippen molar-refractivity contribution in [2.45, 2.75) is 156 Å². The first-order valence-electron chi connectivity index (χ1n) is 17.9. The zero-order chi connectivity index (χ0) is 42.0. The number of hydrogen-bond acceptors (Lipinski definition) is 21. The Bertz CT molecular complexity index is 1330. The minimum Gasteiger partial charge on any atom is -0.477 e. The molecule has 24 nitrogen and oxygen atoms in total. The number of amides is 2. The van der Waals surface area contributed by atoms with Crippen molar-refractivity contribution >= 4 is 17.8 Å². The van der Waals surface area contributed by atoms with Gasteiger partial charge in [-0.05, 0) is 13.3 Å². The standard InChI is InChI=1S/C32H54N2O22/c1-9-20(42)24(46)22(44)15(51-9)4-12-18(33-10(2)38)29(48)52-17(8-37)26(12)54-30-25(47)28(23(45)16(7-36)53-30)56-32(31(49)50)5-13(40)19(34-11(3)39)27(55-32)21(43)14(41)6-35/h9,12-30,35-37,40-48H,4-8H2,1-3H3,(H,33,38)(H,34,39)(H,49,50)/t9-,12+,13+,14-,15-,16-,17-,18-,19+,20+,21+,22+,23-,24-,25-,26-,27+,28-,29+,30-,32-/m0/s1. The Kier molecular flexibility index (Phi) is 15.9. The molecule has 0 aliphatic carbocycles. The Morgan fingerprint density at radius 1 is 0.768 bits per heavy atom. The normalized spacial score (nSPS) is 45.7. The van der Waals surface area contributed by atoms with Gasteiger partial charge in [-0.3, -0.25) is 9.59 Å². The molecule has 24 heteroatoms. The molecule has 0 radical (unpaired) electrons. The Labute approximate surface area is 319 Å². The molecule has 2 amide bonds. The lowest BCUT2D eigenvalue weighted by Gasteiger charge is -2.51. The van der Waals surface area contributed by atoms with Crippen LogP contribution in [0.3, 0.4) is 0 Å². The Morgan fingerprint density at radius 2 is 1.38 bits per heavy atom. The van der Waals surface area contributed by atoms with Crippen LogP contribution in [0.5, 0.6) is 0 Å². The lowest BCUT2D eigenvalue weighted by molar-refractivity contribution is -0.381. The maximum atomic E-state index is 12.9. The van der Waals surface area contributed by atoms with Gasteiger partial charge >= 0.3 is 5.97 Å². The third kappa shape index (κ3) is 9.75. The topological polar surface area (TPSA) is 394 Å². The number of nitrogens with one attached hydrogen (secondary N) is 2. The average molecular weight is 819 g/mol. The van der Waals surface area contributed by atoms with E-state index in [1.165, 1.54) is 6.92 Å². The number of ether oxygens (including phenoxy) is 6. The molecule has 4 saturated heterocycles. The molecule has 0 bridgehead atoms. The highest BCUT2D eigenvalue weighted by Gasteiger charge is 2.60. The highest BCUT2D eigenvalue weighted by atomic mass is 16.8. The first kappa shape index (κ1) is 46.4. The van der Waals surface area contributed by atoms with Gasteiger partial charge in [0.05, 0.1) is 56.3 Å². The average Bonchev–Trinajstić information content (AvgIpc) is 3.14. The summed E-state index contributed by atoms with van der Waals surface area (Å²) < 4.78 is 34.3. The fourth-order valence-corrected chi connectivity index (χ4v) is 7.59. The minimum atomic E-state index is -3.09. The lowest BCUT2D eigenvalue weighted by atomic mass is 9.80. The molecule has 21 atom stereocenters. The van der Waals surface area contributed by atoms with Crippen molar-refractivity contribution in [1.82, 2.24) is 10.6 Å². The number of carboxylic acid groups (broad SMARTS) is 1. The van der Waals surface area contributed by atoms with Gasteiger partial charge in [0, 0.05) is 26.2 Å². The molecule has 0 aromatic heterocycles. The molecule has 56 heavy (non-hydrogen) atoms. The largest absolute Gasteiger partial charge is 0.477 e. The summed E-state index contributed by atoms with van der Waals surface area (Å²) >= 11 is 0. The number of hydrogen-bond donors (Lipinski definition) is 15. The molecule has 4 fully saturated rings. The van der Waals surface area contributed by atoms with Crippen molar-refractivity contribution in [2.24, 2.45) is 5.92 Å². The maximum Gasteiger partial charge on any atom is 0.364 e. The highest BCUT2D eigenvalue weighted by molar-refractivity contribution is 5.76. The molecule has 4 aliphatic rings. The third-order valence-corrected chi connectivity index (χ3v) is 10.5. The summed E-state index contributed by atoms with van der Waals surface area (Å²) in [6.45, 7) is 0.548. The zero-order valence-electron chi connectivity index (χ0n) is 30.6. The molecule has 0 saturated carbocycles. The number of carbonyl (C=O) groups is 3. The number of aliphatic hydroxyl groups is 12. The van der Waals surface area contributed by atoms with Crippen molar-refractivity contribution in [3.05, 3.63) is 0 Å². The fraction of sp³-hybridized carbons (Fsp3) is 0.906. The van der Waals surface area contributed by atoms with Gasteiger partial charge < -0.3 is 105 Å². The van der Waals surface area contributed by atoms with Gasteiger partial charge in [-0.25, -0.2) is 4.79 Å². The molecule has 324 valence electrons. The number of carbonyl (C=O) groups excluding carboxylic acids is 2. The fourth-order valence-electron chi connectivity index (χ4n) is 7.59. The predicted octanol–water partition coefficient (Wildman–Crippen LogP) is -8.56. The van der Waals surface area contributed by atoms with Crippen molar-refractivity contribution in [3.63, 3.8) is 0 Å². The van der Waals surface area contributed by atoms with Crippen LogP contribution < -0.4 is 10.6 Å². The Balaban J connectivity index is 1.71. The quantitative estimate of drug-likeness (QED) is 0.0774. The van der Waals surface area contributed by atoms with E-state index < -0.39 is 172 Å². The van der Waals surface area contributed by atoms with Gasteiger partial charge in [-0.2, -0.15) is 0 Å². The summed E-state index contributed by atoms with van der Waals surface area (Å²) in [5, 5.41) is 142. The van der Waals surface area contributed by atoms with Crippen molar-refractivity contribution < 1.29 is 109 Å². The van der Waals surface area contributed by atoms with E-state index in [4.69, 9.17) is 28.4 Å². The molecule has 15 N–H and O–H groups in total. The molecular formula is C32H54N2O22. The number of carboxylic acids is 1. The van der Waals surface area contributed by atoms with E-state index in [-0.39, 0.29) is 6.42 Å². The smallest absolute Gasteiger partial charge is 0.364 e. The van der Waals surface area contributed by atoms with Crippen LogP contribution >= 0.6 is 0 Å². The number of aliphatic hydroxyl groups excluding tert-OH is 12. The van der Waals surface area contributed by atoms with Gasteiger partial charge in [0.25, 0.3) is 5.79 Å².